The summed E-state index contributed by atoms with van der Waals surface area (Å²) in [7, 11) is -3.97. The normalized spacial score (nSPS) is 18.6. The van der Waals surface area contributed by atoms with Gasteiger partial charge >= 0.3 is 0 Å². The highest BCUT2D eigenvalue weighted by Crippen LogP contribution is 2.28. The minimum Gasteiger partial charge on any atom is -0.349 e. The van der Waals surface area contributed by atoms with Crippen LogP contribution in [0.1, 0.15) is 50.9 Å². The molecule has 0 atom stereocenters. The lowest BCUT2D eigenvalue weighted by Crippen LogP contribution is -2.62. The number of anilines is 1. The second kappa shape index (κ2) is 8.00. The number of rotatable bonds is 5. The topological polar surface area (TPSA) is 87.3 Å². The summed E-state index contributed by atoms with van der Waals surface area (Å²) in [6.07, 6.45) is 1.59. The lowest BCUT2D eigenvalue weighted by molar-refractivity contribution is 0.0873. The van der Waals surface area contributed by atoms with Crippen LogP contribution in [0.4, 0.5) is 10.1 Å². The number of hydrogen-bond donors (Lipinski definition) is 3. The summed E-state index contributed by atoms with van der Waals surface area (Å²) in [6, 6.07) is 11.2. The first-order valence-corrected chi connectivity index (χ1v) is 11.3. The molecule has 0 saturated carbocycles. The Morgan fingerprint density at radius 1 is 1.00 bits per heavy atom. The third-order valence-corrected chi connectivity index (χ3v) is 6.45. The second-order valence-electron chi connectivity index (χ2n) is 9.08. The lowest BCUT2D eigenvalue weighted by atomic mass is 9.79. The van der Waals surface area contributed by atoms with Crippen LogP contribution in [0.3, 0.4) is 0 Å². The van der Waals surface area contributed by atoms with E-state index >= 15 is 0 Å². The van der Waals surface area contributed by atoms with Gasteiger partial charge < -0.3 is 10.6 Å². The maximum atomic E-state index is 13.8. The van der Waals surface area contributed by atoms with Crippen molar-refractivity contribution in [3.05, 3.63) is 59.9 Å². The predicted molar refractivity (Wildman–Crippen MR) is 115 cm³/mol. The molecule has 2 aromatic carbocycles. The van der Waals surface area contributed by atoms with Gasteiger partial charge in [0.05, 0.1) is 10.6 Å². The van der Waals surface area contributed by atoms with Gasteiger partial charge in [-0.3, -0.25) is 9.52 Å². The maximum absolute atomic E-state index is 13.8. The number of hydrogen-bond acceptors (Lipinski definition) is 4. The largest absolute Gasteiger partial charge is 0.349 e. The number of amides is 1. The van der Waals surface area contributed by atoms with E-state index in [0.717, 1.165) is 12.8 Å². The highest BCUT2D eigenvalue weighted by Gasteiger charge is 2.38. The summed E-state index contributed by atoms with van der Waals surface area (Å²) >= 11 is 0. The van der Waals surface area contributed by atoms with Crippen LogP contribution >= 0.6 is 0 Å². The zero-order chi connectivity index (χ0) is 22.2. The molecule has 0 radical (unpaired) electrons. The molecule has 0 bridgehead atoms. The summed E-state index contributed by atoms with van der Waals surface area (Å²) in [5.74, 6) is -0.913. The molecule has 6 nitrogen and oxygen atoms in total. The van der Waals surface area contributed by atoms with Crippen molar-refractivity contribution in [1.82, 2.24) is 10.6 Å². The SMILES string of the molecule is CC1(C)CC(NC(=O)c2ccc(S(=O)(=O)Nc3ccccc3F)cc2)CC(C)(C)N1. The summed E-state index contributed by atoms with van der Waals surface area (Å²) in [5, 5.41) is 6.63. The molecule has 1 amide bonds. The minimum atomic E-state index is -3.97. The van der Waals surface area contributed by atoms with Gasteiger partial charge in [-0.05, 0) is 76.9 Å². The summed E-state index contributed by atoms with van der Waals surface area (Å²) in [4.78, 5) is 12.6. The fourth-order valence-electron chi connectivity index (χ4n) is 4.23. The van der Waals surface area contributed by atoms with E-state index in [1.54, 1.807) is 0 Å². The number of carbonyl (C=O) groups is 1. The van der Waals surface area contributed by atoms with Gasteiger partial charge in [-0.2, -0.15) is 0 Å². The molecule has 0 aliphatic carbocycles. The molecule has 1 heterocycles. The summed E-state index contributed by atoms with van der Waals surface area (Å²) in [6.45, 7) is 8.43. The van der Waals surface area contributed by atoms with Gasteiger partial charge in [-0.25, -0.2) is 12.8 Å². The molecule has 0 aromatic heterocycles. The first kappa shape index (κ1) is 22.2. The van der Waals surface area contributed by atoms with Crippen LogP contribution in [0.25, 0.3) is 0 Å². The van der Waals surface area contributed by atoms with E-state index in [0.29, 0.717) is 5.56 Å². The van der Waals surface area contributed by atoms with E-state index in [4.69, 9.17) is 0 Å². The van der Waals surface area contributed by atoms with Gasteiger partial charge in [0.15, 0.2) is 0 Å². The van der Waals surface area contributed by atoms with E-state index in [-0.39, 0.29) is 33.6 Å². The number of nitrogens with one attached hydrogen (secondary N) is 3. The van der Waals surface area contributed by atoms with Crippen LogP contribution in [-0.2, 0) is 10.0 Å². The molecule has 30 heavy (non-hydrogen) atoms. The molecule has 0 spiro atoms. The number of carbonyl (C=O) groups excluding carboxylic acids is 1. The third kappa shape index (κ3) is 5.37. The van der Waals surface area contributed by atoms with Gasteiger partial charge in [0.2, 0.25) is 0 Å². The molecule has 1 aliphatic rings. The molecule has 0 unspecified atom stereocenters. The van der Waals surface area contributed by atoms with E-state index < -0.39 is 15.8 Å². The summed E-state index contributed by atoms with van der Waals surface area (Å²) < 4.78 is 41.0. The van der Waals surface area contributed by atoms with Gasteiger partial charge in [0, 0.05) is 22.7 Å². The Balaban J connectivity index is 1.70. The highest BCUT2D eigenvalue weighted by molar-refractivity contribution is 7.92. The maximum Gasteiger partial charge on any atom is 0.261 e. The zero-order valence-corrected chi connectivity index (χ0v) is 18.4. The molecule has 162 valence electrons. The number of piperidine rings is 1. The Morgan fingerprint density at radius 2 is 1.57 bits per heavy atom. The van der Waals surface area contributed by atoms with Crippen molar-refractivity contribution in [2.75, 3.05) is 4.72 Å². The number of para-hydroxylation sites is 1. The van der Waals surface area contributed by atoms with Crippen molar-refractivity contribution in [1.29, 1.82) is 0 Å². The van der Waals surface area contributed by atoms with Crippen molar-refractivity contribution in [3.63, 3.8) is 0 Å². The Labute approximate surface area is 177 Å². The first-order valence-electron chi connectivity index (χ1n) is 9.85. The number of benzene rings is 2. The second-order valence-corrected chi connectivity index (χ2v) is 10.8. The molecular weight excluding hydrogens is 405 g/mol. The monoisotopic (exact) mass is 433 g/mol. The zero-order valence-electron chi connectivity index (χ0n) is 17.6. The Bertz CT molecular complexity index is 1020. The van der Waals surface area contributed by atoms with Crippen LogP contribution in [0, 0.1) is 5.82 Å². The van der Waals surface area contributed by atoms with Gasteiger partial charge in [0.25, 0.3) is 15.9 Å². The van der Waals surface area contributed by atoms with E-state index in [9.17, 15) is 17.6 Å². The lowest BCUT2D eigenvalue weighted by Gasteiger charge is -2.46. The molecule has 3 N–H and O–H groups in total. The molecular formula is C22H28FN3O3S. The molecule has 1 fully saturated rings. The quantitative estimate of drug-likeness (QED) is 0.672. The van der Waals surface area contributed by atoms with Gasteiger partial charge in [0.1, 0.15) is 5.82 Å². The molecule has 1 saturated heterocycles. The molecule has 3 rings (SSSR count). The highest BCUT2D eigenvalue weighted by atomic mass is 32.2. The fraction of sp³-hybridized carbons (Fsp3) is 0.409. The molecule has 8 heteroatoms. The van der Waals surface area contributed by atoms with Crippen molar-refractivity contribution < 1.29 is 17.6 Å². The number of halogens is 1. The van der Waals surface area contributed by atoms with Crippen molar-refractivity contribution >= 4 is 21.6 Å². The van der Waals surface area contributed by atoms with E-state index in [1.807, 2.05) is 0 Å². The minimum absolute atomic E-state index is 0.00915. The van der Waals surface area contributed by atoms with Crippen LogP contribution in [0.5, 0.6) is 0 Å². The summed E-state index contributed by atoms with van der Waals surface area (Å²) in [5.41, 5.74) is 0.0379. The molecule has 2 aromatic rings. The standard InChI is InChI=1S/C22H28FN3O3S/c1-21(2)13-16(14-22(3,4)26-21)24-20(27)15-9-11-17(12-10-15)30(28,29)25-19-8-6-5-7-18(19)23/h5-12,16,25-26H,13-14H2,1-4H3,(H,24,27). The van der Waals surface area contributed by atoms with Gasteiger partial charge in [-0.1, -0.05) is 12.1 Å². The van der Waals surface area contributed by atoms with Crippen molar-refractivity contribution in [2.45, 2.75) is 62.6 Å². The third-order valence-electron chi connectivity index (χ3n) is 5.07. The Hall–Kier alpha value is -2.45. The average molecular weight is 434 g/mol. The fourth-order valence-corrected chi connectivity index (χ4v) is 5.29. The van der Waals surface area contributed by atoms with E-state index in [2.05, 4.69) is 43.1 Å². The van der Waals surface area contributed by atoms with E-state index in [1.165, 1.54) is 48.5 Å². The van der Waals surface area contributed by atoms with Crippen LogP contribution in [0.15, 0.2) is 53.4 Å². The molecule has 1 aliphatic heterocycles. The van der Waals surface area contributed by atoms with Crippen LogP contribution in [0.2, 0.25) is 0 Å². The Morgan fingerprint density at radius 3 is 2.13 bits per heavy atom. The smallest absolute Gasteiger partial charge is 0.261 e. The number of sulfonamides is 1. The Kier molecular flexibility index (Phi) is 5.93. The van der Waals surface area contributed by atoms with Crippen molar-refractivity contribution in [3.8, 4) is 0 Å². The average Bonchev–Trinajstić information content (AvgIpc) is 2.61. The predicted octanol–water partition coefficient (Wildman–Crippen LogP) is 3.67. The van der Waals surface area contributed by atoms with Crippen LogP contribution < -0.4 is 15.4 Å². The van der Waals surface area contributed by atoms with Crippen molar-refractivity contribution in [2.24, 2.45) is 0 Å². The van der Waals surface area contributed by atoms with Crippen LogP contribution in [-0.4, -0.2) is 31.4 Å². The van der Waals surface area contributed by atoms with Gasteiger partial charge in [-0.15, -0.1) is 0 Å². The first-order chi connectivity index (χ1) is 13.9.